The van der Waals surface area contributed by atoms with E-state index in [2.05, 4.69) is 11.8 Å². The van der Waals surface area contributed by atoms with Gasteiger partial charge in [0.05, 0.1) is 32.8 Å². The van der Waals surface area contributed by atoms with Crippen molar-refractivity contribution in [2.75, 3.05) is 20.8 Å². The van der Waals surface area contributed by atoms with Crippen molar-refractivity contribution in [3.63, 3.8) is 0 Å². The van der Waals surface area contributed by atoms with Crippen LogP contribution < -0.4 is 4.74 Å². The van der Waals surface area contributed by atoms with Crippen LogP contribution in [-0.2, 0) is 9.53 Å². The van der Waals surface area contributed by atoms with Gasteiger partial charge in [-0.3, -0.25) is 14.9 Å². The maximum atomic E-state index is 11.8. The lowest BCUT2D eigenvalue weighted by Crippen LogP contribution is -2.23. The molecule has 0 radical (unpaired) electrons. The number of nitrogens with zero attached hydrogens (tertiary/aromatic N) is 1. The second kappa shape index (κ2) is 9.28. The molecule has 0 unspecified atom stereocenters. The predicted molar refractivity (Wildman–Crippen MR) is 93.3 cm³/mol. The molecule has 0 aliphatic rings. The molecule has 0 bridgehead atoms. The van der Waals surface area contributed by atoms with Crippen molar-refractivity contribution < 1.29 is 23.6 Å². The van der Waals surface area contributed by atoms with Gasteiger partial charge in [0.15, 0.2) is 0 Å². The van der Waals surface area contributed by atoms with Crippen molar-refractivity contribution in [3.8, 4) is 17.6 Å². The molecular weight excluding hydrogens is 338 g/mol. The standard InChI is InChI=1S/C19H19NO6/c1-24-16-9-6-14(7-10-16)5-8-15(13-20(22)23)17(12-19(21)25-2)18-4-3-11-26-18/h3-4,6-7,9-11,15,17H,12-13H2,1-2H3/t15-,17+/m1/s1. The highest BCUT2D eigenvalue weighted by Gasteiger charge is 2.31. The van der Waals surface area contributed by atoms with Gasteiger partial charge in [0.1, 0.15) is 11.5 Å². The van der Waals surface area contributed by atoms with Crippen LogP contribution in [0.4, 0.5) is 0 Å². The van der Waals surface area contributed by atoms with Crippen LogP contribution in [0.2, 0.25) is 0 Å². The molecule has 7 nitrogen and oxygen atoms in total. The van der Waals surface area contributed by atoms with Crippen LogP contribution in [0.15, 0.2) is 47.1 Å². The zero-order valence-electron chi connectivity index (χ0n) is 14.5. The molecule has 0 spiro atoms. The number of benzene rings is 1. The highest BCUT2D eigenvalue weighted by Crippen LogP contribution is 2.29. The Morgan fingerprint density at radius 1 is 1.27 bits per heavy atom. The molecule has 1 aromatic carbocycles. The van der Waals surface area contributed by atoms with Gasteiger partial charge in [-0.05, 0) is 36.4 Å². The average Bonchev–Trinajstić information content (AvgIpc) is 3.17. The first-order valence-electron chi connectivity index (χ1n) is 7.91. The minimum absolute atomic E-state index is 0.0557. The van der Waals surface area contributed by atoms with Crippen molar-refractivity contribution in [1.82, 2.24) is 0 Å². The molecule has 26 heavy (non-hydrogen) atoms. The quantitative estimate of drug-likeness (QED) is 0.327. The first kappa shape index (κ1) is 19.1. The molecule has 0 saturated heterocycles. The van der Waals surface area contributed by atoms with Gasteiger partial charge in [-0.1, -0.05) is 11.8 Å². The van der Waals surface area contributed by atoms with E-state index < -0.39 is 29.3 Å². The topological polar surface area (TPSA) is 91.8 Å². The van der Waals surface area contributed by atoms with E-state index in [0.29, 0.717) is 17.1 Å². The summed E-state index contributed by atoms with van der Waals surface area (Å²) in [5.74, 6) is 5.24. The highest BCUT2D eigenvalue weighted by molar-refractivity contribution is 5.70. The summed E-state index contributed by atoms with van der Waals surface area (Å²) in [5.41, 5.74) is 0.690. The maximum absolute atomic E-state index is 11.8. The normalized spacial score (nSPS) is 12.4. The molecule has 0 aliphatic heterocycles. The van der Waals surface area contributed by atoms with E-state index in [1.54, 1.807) is 43.5 Å². The van der Waals surface area contributed by atoms with Gasteiger partial charge < -0.3 is 13.9 Å². The lowest BCUT2D eigenvalue weighted by atomic mass is 9.87. The van der Waals surface area contributed by atoms with Gasteiger partial charge in [0.2, 0.25) is 6.54 Å². The number of rotatable bonds is 7. The zero-order valence-corrected chi connectivity index (χ0v) is 14.5. The first-order valence-corrected chi connectivity index (χ1v) is 7.91. The van der Waals surface area contributed by atoms with Crippen molar-refractivity contribution in [2.24, 2.45) is 5.92 Å². The number of esters is 1. The Morgan fingerprint density at radius 2 is 2.00 bits per heavy atom. The third-order valence-corrected chi connectivity index (χ3v) is 3.85. The van der Waals surface area contributed by atoms with Crippen LogP contribution in [0.3, 0.4) is 0 Å². The summed E-state index contributed by atoms with van der Waals surface area (Å²) >= 11 is 0. The summed E-state index contributed by atoms with van der Waals surface area (Å²) in [6, 6.07) is 10.4. The fourth-order valence-electron chi connectivity index (χ4n) is 2.49. The first-order chi connectivity index (χ1) is 12.5. The number of ether oxygens (including phenoxy) is 2. The van der Waals surface area contributed by atoms with E-state index in [0.717, 1.165) is 0 Å². The number of carbonyl (C=O) groups excluding carboxylic acids is 1. The fraction of sp³-hybridized carbons (Fsp3) is 0.316. The number of furan rings is 1. The van der Waals surface area contributed by atoms with Crippen molar-refractivity contribution in [2.45, 2.75) is 12.3 Å². The summed E-state index contributed by atoms with van der Waals surface area (Å²) in [4.78, 5) is 22.4. The molecule has 0 N–H and O–H groups in total. The second-order valence-electron chi connectivity index (χ2n) is 5.52. The fourth-order valence-corrected chi connectivity index (χ4v) is 2.49. The zero-order chi connectivity index (χ0) is 18.9. The number of hydrogen-bond donors (Lipinski definition) is 0. The van der Waals surface area contributed by atoms with Crippen molar-refractivity contribution in [1.29, 1.82) is 0 Å². The minimum atomic E-state index is -0.711. The Kier molecular flexibility index (Phi) is 6.80. The monoisotopic (exact) mass is 357 g/mol. The van der Waals surface area contributed by atoms with Crippen LogP contribution >= 0.6 is 0 Å². The lowest BCUT2D eigenvalue weighted by molar-refractivity contribution is -0.486. The van der Waals surface area contributed by atoms with Crippen LogP contribution in [0.5, 0.6) is 5.75 Å². The molecule has 0 saturated carbocycles. The SMILES string of the molecule is COC(=O)C[C@H](c1ccco1)[C@H](C#Cc1ccc(OC)cc1)C[N+](=O)[O-]. The van der Waals surface area contributed by atoms with E-state index in [-0.39, 0.29) is 6.42 Å². The van der Waals surface area contributed by atoms with Gasteiger partial charge >= 0.3 is 5.97 Å². The van der Waals surface area contributed by atoms with E-state index in [1.807, 2.05) is 0 Å². The maximum Gasteiger partial charge on any atom is 0.306 e. The molecule has 2 atom stereocenters. The lowest BCUT2D eigenvalue weighted by Gasteiger charge is -2.17. The van der Waals surface area contributed by atoms with Crippen LogP contribution in [-0.4, -0.2) is 31.7 Å². The van der Waals surface area contributed by atoms with Gasteiger partial charge in [0, 0.05) is 16.4 Å². The Bertz CT molecular complexity index is 786. The van der Waals surface area contributed by atoms with E-state index in [1.165, 1.54) is 13.4 Å². The summed E-state index contributed by atoms with van der Waals surface area (Å²) in [5, 5.41) is 11.1. The third-order valence-electron chi connectivity index (χ3n) is 3.85. The number of hydrogen-bond acceptors (Lipinski definition) is 6. The molecule has 136 valence electrons. The summed E-state index contributed by atoms with van der Waals surface area (Å²) in [6.07, 6.45) is 1.40. The van der Waals surface area contributed by atoms with Gasteiger partial charge in [-0.25, -0.2) is 0 Å². The molecule has 0 aliphatic carbocycles. The summed E-state index contributed by atoms with van der Waals surface area (Å²) < 4.78 is 15.2. The average molecular weight is 357 g/mol. The Hall–Kier alpha value is -3.27. The number of carbonyl (C=O) groups is 1. The second-order valence-corrected chi connectivity index (χ2v) is 5.52. The van der Waals surface area contributed by atoms with Crippen molar-refractivity contribution in [3.05, 3.63) is 64.1 Å². The Morgan fingerprint density at radius 3 is 2.54 bits per heavy atom. The van der Waals surface area contributed by atoms with Gasteiger partial charge in [-0.15, -0.1) is 0 Å². The number of nitro groups is 1. The van der Waals surface area contributed by atoms with Gasteiger partial charge in [0.25, 0.3) is 0 Å². The minimum Gasteiger partial charge on any atom is -0.497 e. The van der Waals surface area contributed by atoms with Gasteiger partial charge in [-0.2, -0.15) is 0 Å². The third kappa shape index (κ3) is 5.38. The van der Waals surface area contributed by atoms with Crippen LogP contribution in [0.1, 0.15) is 23.7 Å². The molecule has 7 heteroatoms. The highest BCUT2D eigenvalue weighted by atomic mass is 16.6. The molecule has 0 amide bonds. The summed E-state index contributed by atoms with van der Waals surface area (Å²) in [6.45, 7) is -0.411. The Labute approximate surface area is 151 Å². The molecular formula is C19H19NO6. The van der Waals surface area contributed by atoms with E-state index in [9.17, 15) is 14.9 Å². The van der Waals surface area contributed by atoms with E-state index in [4.69, 9.17) is 13.9 Å². The predicted octanol–water partition coefficient (Wildman–Crippen LogP) is 2.88. The summed E-state index contributed by atoms with van der Waals surface area (Å²) in [7, 11) is 2.83. The van der Waals surface area contributed by atoms with Crippen molar-refractivity contribution >= 4 is 5.97 Å². The largest absolute Gasteiger partial charge is 0.497 e. The molecule has 1 aromatic heterocycles. The smallest absolute Gasteiger partial charge is 0.306 e. The Balaban J connectivity index is 2.32. The molecule has 2 rings (SSSR count). The van der Waals surface area contributed by atoms with E-state index >= 15 is 0 Å². The molecule has 2 aromatic rings. The molecule has 0 fully saturated rings. The molecule has 1 heterocycles. The van der Waals surface area contributed by atoms with Crippen LogP contribution in [0.25, 0.3) is 0 Å². The van der Waals surface area contributed by atoms with Crippen LogP contribution in [0, 0.1) is 27.9 Å². The number of methoxy groups -OCH3 is 2.